The minimum Gasteiger partial charge on any atom is -0.384 e. The van der Waals surface area contributed by atoms with Crippen LogP contribution in [-0.2, 0) is 14.8 Å². The Bertz CT molecular complexity index is 737. The van der Waals surface area contributed by atoms with Crippen LogP contribution in [0.15, 0.2) is 17.0 Å². The molecular formula is C16H25N3O5S. The lowest BCUT2D eigenvalue weighted by atomic mass is 9.80. The van der Waals surface area contributed by atoms with E-state index in [1.807, 2.05) is 0 Å². The van der Waals surface area contributed by atoms with E-state index in [2.05, 4.69) is 10.0 Å². The van der Waals surface area contributed by atoms with Gasteiger partial charge in [0.05, 0.1) is 16.4 Å². The number of benzene rings is 1. The largest absolute Gasteiger partial charge is 0.384 e. The molecule has 0 unspecified atom stereocenters. The fourth-order valence-electron chi connectivity index (χ4n) is 3.15. The molecule has 1 saturated heterocycles. The lowest BCUT2D eigenvalue weighted by Gasteiger charge is -2.37. The van der Waals surface area contributed by atoms with Gasteiger partial charge >= 0.3 is 0 Å². The molecule has 2 rings (SSSR count). The summed E-state index contributed by atoms with van der Waals surface area (Å²) < 4.78 is 33.5. The van der Waals surface area contributed by atoms with E-state index in [0.717, 1.165) is 32.0 Å². The smallest absolute Gasteiger partial charge is 0.271 e. The molecule has 2 N–H and O–H groups in total. The number of nitro benzene ring substituents is 1. The molecule has 1 aromatic rings. The van der Waals surface area contributed by atoms with Crippen molar-refractivity contribution in [1.82, 2.24) is 10.0 Å². The zero-order chi connectivity index (χ0) is 18.7. The number of hydrogen-bond donors (Lipinski definition) is 2. The van der Waals surface area contributed by atoms with Gasteiger partial charge in [0, 0.05) is 31.2 Å². The van der Waals surface area contributed by atoms with Crippen molar-refractivity contribution in [3.63, 3.8) is 0 Å². The first-order chi connectivity index (χ1) is 11.7. The van der Waals surface area contributed by atoms with Crippen molar-refractivity contribution in [3.8, 4) is 0 Å². The van der Waals surface area contributed by atoms with Gasteiger partial charge < -0.3 is 10.1 Å². The molecule has 0 aliphatic carbocycles. The van der Waals surface area contributed by atoms with E-state index in [1.54, 1.807) is 21.0 Å². The van der Waals surface area contributed by atoms with Crippen molar-refractivity contribution < 1.29 is 18.1 Å². The highest BCUT2D eigenvalue weighted by Gasteiger charge is 2.34. The molecule has 0 aromatic heterocycles. The quantitative estimate of drug-likeness (QED) is 0.555. The van der Waals surface area contributed by atoms with Crippen LogP contribution in [0.1, 0.15) is 24.0 Å². The van der Waals surface area contributed by atoms with Crippen LogP contribution in [0.25, 0.3) is 0 Å². The van der Waals surface area contributed by atoms with E-state index in [1.165, 1.54) is 6.07 Å². The number of aryl methyl sites for hydroxylation is 1. The zero-order valence-electron chi connectivity index (χ0n) is 14.8. The monoisotopic (exact) mass is 371 g/mol. The number of nitro groups is 1. The number of rotatable bonds is 7. The molecule has 1 aromatic carbocycles. The van der Waals surface area contributed by atoms with Gasteiger partial charge in [0.15, 0.2) is 0 Å². The fourth-order valence-corrected chi connectivity index (χ4v) is 4.65. The first-order valence-corrected chi connectivity index (χ1v) is 9.64. The zero-order valence-corrected chi connectivity index (χ0v) is 15.6. The molecule has 0 bridgehead atoms. The molecule has 1 aliphatic rings. The van der Waals surface area contributed by atoms with E-state index in [-0.39, 0.29) is 22.5 Å². The summed E-state index contributed by atoms with van der Waals surface area (Å²) in [6, 6.07) is 2.50. The van der Waals surface area contributed by atoms with E-state index < -0.39 is 14.9 Å². The van der Waals surface area contributed by atoms with Crippen molar-refractivity contribution >= 4 is 15.7 Å². The van der Waals surface area contributed by atoms with Gasteiger partial charge in [-0.1, -0.05) is 0 Å². The highest BCUT2D eigenvalue weighted by atomic mass is 32.2. The molecule has 8 nitrogen and oxygen atoms in total. The molecule has 25 heavy (non-hydrogen) atoms. The van der Waals surface area contributed by atoms with Gasteiger partial charge in [0.1, 0.15) is 0 Å². The summed E-state index contributed by atoms with van der Waals surface area (Å²) in [6.45, 7) is 5.64. The van der Waals surface area contributed by atoms with Gasteiger partial charge in [-0.25, -0.2) is 13.1 Å². The second-order valence-electron chi connectivity index (χ2n) is 6.65. The fraction of sp³-hybridized carbons (Fsp3) is 0.625. The Morgan fingerprint density at radius 3 is 2.52 bits per heavy atom. The standard InChI is InChI=1S/C16H25N3O5S/c1-12-8-14(19(20)21)9-15(13(12)2)25(22,23)18-10-16(11-24-3)4-6-17-7-5-16/h8-9,17-18H,4-7,10-11H2,1-3H3. The molecule has 0 saturated carbocycles. The predicted octanol–water partition coefficient (Wildman–Crippen LogP) is 1.51. The Balaban J connectivity index is 2.28. The van der Waals surface area contributed by atoms with Crippen LogP contribution in [-0.4, -0.2) is 46.7 Å². The molecule has 140 valence electrons. The predicted molar refractivity (Wildman–Crippen MR) is 94.2 cm³/mol. The molecule has 1 fully saturated rings. The Labute approximate surface area is 148 Å². The Morgan fingerprint density at radius 2 is 1.96 bits per heavy atom. The van der Waals surface area contributed by atoms with Crippen molar-refractivity contribution in [2.24, 2.45) is 5.41 Å². The van der Waals surface area contributed by atoms with Gasteiger partial charge in [-0.2, -0.15) is 0 Å². The van der Waals surface area contributed by atoms with E-state index >= 15 is 0 Å². The third-order valence-electron chi connectivity index (χ3n) is 4.86. The van der Waals surface area contributed by atoms with Crippen LogP contribution < -0.4 is 10.0 Å². The highest BCUT2D eigenvalue weighted by Crippen LogP contribution is 2.30. The normalized spacial score (nSPS) is 17.4. The first kappa shape index (κ1) is 19.8. The van der Waals surface area contributed by atoms with E-state index in [9.17, 15) is 18.5 Å². The SMILES string of the molecule is COCC1(CNS(=O)(=O)c2cc([N+](=O)[O-])cc(C)c2C)CCNCC1. The van der Waals surface area contributed by atoms with Gasteiger partial charge in [0.2, 0.25) is 10.0 Å². The summed E-state index contributed by atoms with van der Waals surface area (Å²) in [5.41, 5.74) is 0.598. The van der Waals surface area contributed by atoms with Crippen LogP contribution in [0, 0.1) is 29.4 Å². The van der Waals surface area contributed by atoms with Gasteiger partial charge in [0.25, 0.3) is 5.69 Å². The van der Waals surface area contributed by atoms with E-state index in [0.29, 0.717) is 17.7 Å². The molecule has 0 spiro atoms. The maximum atomic E-state index is 12.8. The number of non-ortho nitro benzene ring substituents is 1. The number of nitrogens with zero attached hydrogens (tertiary/aromatic N) is 1. The topological polar surface area (TPSA) is 111 Å². The Kier molecular flexibility index (Phi) is 6.15. The molecule has 9 heteroatoms. The molecule has 0 amide bonds. The summed E-state index contributed by atoms with van der Waals surface area (Å²) >= 11 is 0. The summed E-state index contributed by atoms with van der Waals surface area (Å²) in [4.78, 5) is 10.4. The number of piperidine rings is 1. The van der Waals surface area contributed by atoms with Gasteiger partial charge in [-0.15, -0.1) is 0 Å². The van der Waals surface area contributed by atoms with Gasteiger partial charge in [-0.3, -0.25) is 10.1 Å². The van der Waals surface area contributed by atoms with Crippen LogP contribution in [0.4, 0.5) is 5.69 Å². The van der Waals surface area contributed by atoms with Crippen LogP contribution in [0.2, 0.25) is 0 Å². The lowest BCUT2D eigenvalue weighted by molar-refractivity contribution is -0.385. The summed E-state index contributed by atoms with van der Waals surface area (Å²) in [5.74, 6) is 0. The third-order valence-corrected chi connectivity index (χ3v) is 6.38. The minimum absolute atomic E-state index is 0.0410. The van der Waals surface area contributed by atoms with Crippen LogP contribution >= 0.6 is 0 Å². The van der Waals surface area contributed by atoms with Crippen molar-refractivity contribution in [2.75, 3.05) is 33.4 Å². The van der Waals surface area contributed by atoms with E-state index in [4.69, 9.17) is 4.74 Å². The van der Waals surface area contributed by atoms with Gasteiger partial charge in [-0.05, 0) is 50.9 Å². The van der Waals surface area contributed by atoms with Crippen LogP contribution in [0.3, 0.4) is 0 Å². The maximum absolute atomic E-state index is 12.8. The number of hydrogen-bond acceptors (Lipinski definition) is 6. The van der Waals surface area contributed by atoms with Crippen molar-refractivity contribution in [2.45, 2.75) is 31.6 Å². The molecule has 0 radical (unpaired) electrons. The average molecular weight is 371 g/mol. The summed E-state index contributed by atoms with van der Waals surface area (Å²) in [6.07, 6.45) is 1.60. The number of nitrogens with one attached hydrogen (secondary N) is 2. The highest BCUT2D eigenvalue weighted by molar-refractivity contribution is 7.89. The lowest BCUT2D eigenvalue weighted by Crippen LogP contribution is -2.47. The second kappa shape index (κ2) is 7.77. The summed E-state index contributed by atoms with van der Waals surface area (Å²) in [7, 11) is -2.25. The maximum Gasteiger partial charge on any atom is 0.271 e. The van der Waals surface area contributed by atoms with Crippen molar-refractivity contribution in [3.05, 3.63) is 33.4 Å². The minimum atomic E-state index is -3.86. The number of ether oxygens (including phenoxy) is 1. The second-order valence-corrected chi connectivity index (χ2v) is 8.39. The molecule has 1 aliphatic heterocycles. The number of methoxy groups -OCH3 is 1. The molecular weight excluding hydrogens is 346 g/mol. The Hall–Kier alpha value is -1.55. The molecule has 1 heterocycles. The third kappa shape index (κ3) is 4.55. The summed E-state index contributed by atoms with van der Waals surface area (Å²) in [5, 5.41) is 14.3. The number of sulfonamides is 1. The van der Waals surface area contributed by atoms with Crippen LogP contribution in [0.5, 0.6) is 0 Å². The molecule has 0 atom stereocenters. The average Bonchev–Trinajstić information content (AvgIpc) is 2.56. The first-order valence-electron chi connectivity index (χ1n) is 8.16. The Morgan fingerprint density at radius 1 is 1.32 bits per heavy atom. The van der Waals surface area contributed by atoms with Crippen molar-refractivity contribution in [1.29, 1.82) is 0 Å².